The molecule has 0 aliphatic carbocycles. The van der Waals surface area contributed by atoms with Gasteiger partial charge in [0, 0.05) is 16.6 Å². The summed E-state index contributed by atoms with van der Waals surface area (Å²) in [6, 6.07) is 8.97. The van der Waals surface area contributed by atoms with E-state index in [2.05, 4.69) is 10.0 Å². The number of halogens is 2. The molecule has 0 aliphatic rings. The Bertz CT molecular complexity index is 917. The highest BCUT2D eigenvalue weighted by atomic mass is 32.2. The Labute approximate surface area is 161 Å². The van der Waals surface area contributed by atoms with Crippen molar-refractivity contribution in [1.29, 1.82) is 0 Å². The number of sulfonamides is 1. The molecule has 2 aromatic carbocycles. The zero-order valence-corrected chi connectivity index (χ0v) is 16.6. The zero-order valence-electron chi connectivity index (χ0n) is 15.0. The lowest BCUT2D eigenvalue weighted by Crippen LogP contribution is -2.30. The van der Waals surface area contributed by atoms with Crippen molar-refractivity contribution >= 4 is 33.4 Å². The minimum absolute atomic E-state index is 0.0957. The number of thioether (sulfide) groups is 1. The average molecular weight is 414 g/mol. The van der Waals surface area contributed by atoms with Gasteiger partial charge in [0.2, 0.25) is 15.9 Å². The molecule has 0 saturated carbocycles. The molecule has 0 bridgehead atoms. The van der Waals surface area contributed by atoms with Crippen LogP contribution in [0, 0.1) is 11.6 Å². The highest BCUT2D eigenvalue weighted by Gasteiger charge is 2.17. The lowest BCUT2D eigenvalue weighted by Gasteiger charge is -2.13. The Morgan fingerprint density at radius 1 is 1.00 bits per heavy atom. The molecule has 0 heterocycles. The van der Waals surface area contributed by atoms with E-state index < -0.39 is 26.9 Å². The fourth-order valence-corrected chi connectivity index (χ4v) is 4.29. The minimum Gasteiger partial charge on any atom is -0.325 e. The lowest BCUT2D eigenvalue weighted by atomic mass is 10.3. The second-order valence-electron chi connectivity index (χ2n) is 6.13. The smallest absolute Gasteiger partial charge is 0.240 e. The van der Waals surface area contributed by atoms with E-state index in [4.69, 9.17) is 0 Å². The van der Waals surface area contributed by atoms with Gasteiger partial charge in [0.05, 0.1) is 10.1 Å². The van der Waals surface area contributed by atoms with Crippen LogP contribution in [-0.4, -0.2) is 25.6 Å². The van der Waals surface area contributed by atoms with Gasteiger partial charge in [-0.15, -0.1) is 11.8 Å². The maximum absolute atomic E-state index is 13.2. The zero-order chi connectivity index (χ0) is 20.2. The number of anilines is 1. The highest BCUT2D eigenvalue weighted by molar-refractivity contribution is 8.00. The summed E-state index contributed by atoms with van der Waals surface area (Å²) in [5.74, 6) is -2.27. The summed E-state index contributed by atoms with van der Waals surface area (Å²) in [6.45, 7) is 5.07. The predicted octanol–water partition coefficient (Wildman–Crippen LogP) is 3.77. The first-order valence-electron chi connectivity index (χ1n) is 8.13. The Morgan fingerprint density at radius 3 is 2.19 bits per heavy atom. The third-order valence-electron chi connectivity index (χ3n) is 3.40. The van der Waals surface area contributed by atoms with Crippen LogP contribution in [0.1, 0.15) is 20.8 Å². The van der Waals surface area contributed by atoms with Gasteiger partial charge in [0.1, 0.15) is 0 Å². The van der Waals surface area contributed by atoms with Gasteiger partial charge in [-0.2, -0.15) is 0 Å². The molecule has 2 rings (SSSR count). The summed E-state index contributed by atoms with van der Waals surface area (Å²) < 4.78 is 52.8. The minimum atomic E-state index is -3.60. The topological polar surface area (TPSA) is 75.3 Å². The molecule has 0 radical (unpaired) electrons. The van der Waals surface area contributed by atoms with Gasteiger partial charge in [-0.3, -0.25) is 4.79 Å². The standard InChI is InChI=1S/C18H20F2N2O3S2/c1-11(2)22-27(24,25)15-7-4-13(5-8-15)21-18(23)12(3)26-14-6-9-16(19)17(20)10-14/h4-12,22H,1-3H3,(H,21,23)/t12-/m1/s1. The monoisotopic (exact) mass is 414 g/mol. The summed E-state index contributed by atoms with van der Waals surface area (Å²) >= 11 is 1.08. The van der Waals surface area contributed by atoms with Crippen molar-refractivity contribution in [3.63, 3.8) is 0 Å². The molecule has 2 N–H and O–H groups in total. The molecule has 146 valence electrons. The van der Waals surface area contributed by atoms with Crippen LogP contribution in [0.3, 0.4) is 0 Å². The third kappa shape index (κ3) is 6.02. The fraction of sp³-hybridized carbons (Fsp3) is 0.278. The summed E-state index contributed by atoms with van der Waals surface area (Å²) in [4.78, 5) is 12.8. The van der Waals surface area contributed by atoms with Gasteiger partial charge in [0.15, 0.2) is 11.6 Å². The average Bonchev–Trinajstić information content (AvgIpc) is 2.57. The molecule has 0 fully saturated rings. The molecule has 2 aromatic rings. The van der Waals surface area contributed by atoms with E-state index in [0.29, 0.717) is 10.6 Å². The first kappa shape index (κ1) is 21.3. The first-order chi connectivity index (χ1) is 12.6. The van der Waals surface area contributed by atoms with Gasteiger partial charge in [-0.25, -0.2) is 21.9 Å². The summed E-state index contributed by atoms with van der Waals surface area (Å²) in [6.07, 6.45) is 0. The summed E-state index contributed by atoms with van der Waals surface area (Å²) in [5.41, 5.74) is 0.432. The second kappa shape index (κ2) is 8.81. The normalized spacial score (nSPS) is 12.8. The van der Waals surface area contributed by atoms with Crippen LogP contribution in [0.5, 0.6) is 0 Å². The molecule has 1 amide bonds. The van der Waals surface area contributed by atoms with Crippen molar-refractivity contribution < 1.29 is 22.0 Å². The lowest BCUT2D eigenvalue weighted by molar-refractivity contribution is -0.115. The quantitative estimate of drug-likeness (QED) is 0.677. The molecular formula is C18H20F2N2O3S2. The van der Waals surface area contributed by atoms with Crippen LogP contribution in [0.4, 0.5) is 14.5 Å². The van der Waals surface area contributed by atoms with Crippen molar-refractivity contribution in [1.82, 2.24) is 4.72 Å². The second-order valence-corrected chi connectivity index (χ2v) is 9.25. The summed E-state index contributed by atoms with van der Waals surface area (Å²) in [7, 11) is -3.60. The molecule has 5 nitrogen and oxygen atoms in total. The molecule has 0 aliphatic heterocycles. The van der Waals surface area contributed by atoms with Crippen LogP contribution in [-0.2, 0) is 14.8 Å². The molecule has 9 heteroatoms. The van der Waals surface area contributed by atoms with Gasteiger partial charge < -0.3 is 5.32 Å². The van der Waals surface area contributed by atoms with Crippen LogP contribution < -0.4 is 10.0 Å². The molecule has 0 aromatic heterocycles. The SMILES string of the molecule is CC(C)NS(=O)(=O)c1ccc(NC(=O)[C@@H](C)Sc2ccc(F)c(F)c2)cc1. The van der Waals surface area contributed by atoms with Gasteiger partial charge in [-0.05, 0) is 63.2 Å². The van der Waals surface area contributed by atoms with E-state index in [1.807, 2.05) is 0 Å². The Balaban J connectivity index is 2.01. The van der Waals surface area contributed by atoms with Gasteiger partial charge in [-0.1, -0.05) is 0 Å². The van der Waals surface area contributed by atoms with Crippen LogP contribution in [0.2, 0.25) is 0 Å². The number of hydrogen-bond donors (Lipinski definition) is 2. The molecule has 1 atom stereocenters. The number of carbonyl (C=O) groups excluding carboxylic acids is 1. The van der Waals surface area contributed by atoms with Crippen LogP contribution in [0.25, 0.3) is 0 Å². The van der Waals surface area contributed by atoms with Crippen molar-refractivity contribution in [2.24, 2.45) is 0 Å². The Kier molecular flexibility index (Phi) is 6.96. The first-order valence-corrected chi connectivity index (χ1v) is 10.5. The Hall–Kier alpha value is -1.97. The maximum Gasteiger partial charge on any atom is 0.240 e. The Morgan fingerprint density at radius 2 is 1.63 bits per heavy atom. The van der Waals surface area contributed by atoms with Crippen LogP contribution in [0.15, 0.2) is 52.3 Å². The molecule has 27 heavy (non-hydrogen) atoms. The highest BCUT2D eigenvalue weighted by Crippen LogP contribution is 2.26. The largest absolute Gasteiger partial charge is 0.325 e. The van der Waals surface area contributed by atoms with E-state index in [9.17, 15) is 22.0 Å². The van der Waals surface area contributed by atoms with Gasteiger partial charge in [0.25, 0.3) is 0 Å². The number of nitrogens with one attached hydrogen (secondary N) is 2. The molecule has 0 unspecified atom stereocenters. The van der Waals surface area contributed by atoms with Crippen molar-refractivity contribution in [3.8, 4) is 0 Å². The summed E-state index contributed by atoms with van der Waals surface area (Å²) in [5, 5.41) is 2.10. The van der Waals surface area contributed by atoms with Gasteiger partial charge >= 0.3 is 0 Å². The maximum atomic E-state index is 13.2. The van der Waals surface area contributed by atoms with E-state index in [1.165, 1.54) is 30.3 Å². The number of amides is 1. The van der Waals surface area contributed by atoms with Crippen molar-refractivity contribution in [2.75, 3.05) is 5.32 Å². The number of hydrogen-bond acceptors (Lipinski definition) is 4. The van der Waals surface area contributed by atoms with E-state index >= 15 is 0 Å². The van der Waals surface area contributed by atoms with Crippen molar-refractivity contribution in [3.05, 3.63) is 54.1 Å². The van der Waals surface area contributed by atoms with E-state index in [-0.39, 0.29) is 16.8 Å². The fourth-order valence-electron chi connectivity index (χ4n) is 2.15. The number of carbonyl (C=O) groups is 1. The van der Waals surface area contributed by atoms with Crippen LogP contribution >= 0.6 is 11.8 Å². The number of rotatable bonds is 7. The predicted molar refractivity (Wildman–Crippen MR) is 102 cm³/mol. The van der Waals surface area contributed by atoms with Crippen molar-refractivity contribution in [2.45, 2.75) is 41.9 Å². The molecule has 0 spiro atoms. The van der Waals surface area contributed by atoms with E-state index in [1.54, 1.807) is 20.8 Å². The third-order valence-corrected chi connectivity index (χ3v) is 6.16. The van der Waals surface area contributed by atoms with E-state index in [0.717, 1.165) is 23.9 Å². The molecule has 0 saturated heterocycles. The number of benzene rings is 2. The molecular weight excluding hydrogens is 394 g/mol.